The van der Waals surface area contributed by atoms with Crippen molar-refractivity contribution in [2.45, 2.75) is 13.5 Å². The number of aromatic nitrogens is 2. The van der Waals surface area contributed by atoms with Crippen molar-refractivity contribution in [3.8, 4) is 0 Å². The zero-order valence-electron chi connectivity index (χ0n) is 7.80. The van der Waals surface area contributed by atoms with Crippen LogP contribution in [0.3, 0.4) is 0 Å². The van der Waals surface area contributed by atoms with Gasteiger partial charge in [0, 0.05) is 17.3 Å². The van der Waals surface area contributed by atoms with Gasteiger partial charge in [-0.2, -0.15) is 0 Å². The van der Waals surface area contributed by atoms with Crippen molar-refractivity contribution >= 4 is 11.3 Å². The highest BCUT2D eigenvalue weighted by Gasteiger charge is 2.03. The van der Waals surface area contributed by atoms with E-state index in [0.717, 1.165) is 11.4 Å². The summed E-state index contributed by atoms with van der Waals surface area (Å²) in [4.78, 5) is 15.7. The summed E-state index contributed by atoms with van der Waals surface area (Å²) in [7, 11) is 0. The van der Waals surface area contributed by atoms with Crippen molar-refractivity contribution in [3.63, 3.8) is 0 Å². The normalized spacial score (nSPS) is 10.4. The van der Waals surface area contributed by atoms with Gasteiger partial charge in [-0.05, 0) is 19.1 Å². The van der Waals surface area contributed by atoms with Gasteiger partial charge >= 0.3 is 4.87 Å². The number of hydrogen-bond acceptors (Lipinski definition) is 3. The first-order valence-electron chi connectivity index (χ1n) is 4.32. The molecule has 2 aromatic heterocycles. The predicted octanol–water partition coefficient (Wildman–Crippen LogP) is 1.66. The molecule has 0 amide bonds. The molecule has 0 spiro atoms. The highest BCUT2D eigenvalue weighted by molar-refractivity contribution is 7.07. The number of aryl methyl sites for hydroxylation is 1. The summed E-state index contributed by atoms with van der Waals surface area (Å²) in [5, 5.41) is 1.87. The quantitative estimate of drug-likeness (QED) is 0.749. The molecule has 0 saturated carbocycles. The van der Waals surface area contributed by atoms with E-state index in [1.165, 1.54) is 11.3 Å². The number of pyridine rings is 1. The smallest absolute Gasteiger partial charge is 0.297 e. The topological polar surface area (TPSA) is 34.9 Å². The molecule has 0 aliphatic heterocycles. The van der Waals surface area contributed by atoms with E-state index in [9.17, 15) is 4.79 Å². The fourth-order valence-corrected chi connectivity index (χ4v) is 1.98. The van der Waals surface area contributed by atoms with Gasteiger partial charge in [0.15, 0.2) is 0 Å². The van der Waals surface area contributed by atoms with Crippen molar-refractivity contribution < 1.29 is 0 Å². The summed E-state index contributed by atoms with van der Waals surface area (Å²) in [6.07, 6.45) is 1.74. The maximum absolute atomic E-state index is 11.4. The lowest BCUT2D eigenvalue weighted by Crippen LogP contribution is -2.15. The Morgan fingerprint density at radius 2 is 2.36 bits per heavy atom. The van der Waals surface area contributed by atoms with E-state index < -0.39 is 0 Å². The Morgan fingerprint density at radius 1 is 1.50 bits per heavy atom. The third kappa shape index (κ3) is 1.75. The fraction of sp³-hybridized carbons (Fsp3) is 0.200. The number of rotatable bonds is 2. The summed E-state index contributed by atoms with van der Waals surface area (Å²) in [6.45, 7) is 2.50. The lowest BCUT2D eigenvalue weighted by atomic mass is 10.3. The SMILES string of the molecule is Cc1csc(=O)n1Cc1ccccn1. The third-order valence-corrected chi connectivity index (χ3v) is 2.90. The molecular weight excluding hydrogens is 196 g/mol. The predicted molar refractivity (Wildman–Crippen MR) is 56.7 cm³/mol. The van der Waals surface area contributed by atoms with Crippen molar-refractivity contribution in [3.05, 3.63) is 50.8 Å². The van der Waals surface area contributed by atoms with Gasteiger partial charge in [-0.3, -0.25) is 14.3 Å². The monoisotopic (exact) mass is 206 g/mol. The van der Waals surface area contributed by atoms with Gasteiger partial charge in [0.05, 0.1) is 12.2 Å². The van der Waals surface area contributed by atoms with Crippen LogP contribution < -0.4 is 4.87 Å². The van der Waals surface area contributed by atoms with E-state index in [1.807, 2.05) is 30.5 Å². The molecule has 0 aliphatic carbocycles. The van der Waals surface area contributed by atoms with Crippen LogP contribution >= 0.6 is 11.3 Å². The minimum atomic E-state index is 0.0770. The summed E-state index contributed by atoms with van der Waals surface area (Å²) < 4.78 is 1.73. The van der Waals surface area contributed by atoms with Crippen LogP contribution in [-0.4, -0.2) is 9.55 Å². The zero-order valence-corrected chi connectivity index (χ0v) is 8.62. The average molecular weight is 206 g/mol. The van der Waals surface area contributed by atoms with Gasteiger partial charge < -0.3 is 0 Å². The highest BCUT2D eigenvalue weighted by atomic mass is 32.1. The van der Waals surface area contributed by atoms with Gasteiger partial charge in [0.1, 0.15) is 0 Å². The number of nitrogens with zero attached hydrogens (tertiary/aromatic N) is 2. The summed E-state index contributed by atoms with van der Waals surface area (Å²) in [5.41, 5.74) is 1.90. The summed E-state index contributed by atoms with van der Waals surface area (Å²) >= 11 is 1.23. The molecule has 0 aliphatic rings. The van der Waals surface area contributed by atoms with Crippen LogP contribution in [0.2, 0.25) is 0 Å². The molecule has 0 fully saturated rings. The Morgan fingerprint density at radius 3 is 2.93 bits per heavy atom. The van der Waals surface area contributed by atoms with Crippen LogP contribution in [0.5, 0.6) is 0 Å². The first kappa shape index (κ1) is 9.15. The fourth-order valence-electron chi connectivity index (χ4n) is 1.25. The molecule has 2 rings (SSSR count). The van der Waals surface area contributed by atoms with Crippen LogP contribution in [0.25, 0.3) is 0 Å². The van der Waals surface area contributed by atoms with Crippen molar-refractivity contribution in [1.29, 1.82) is 0 Å². The van der Waals surface area contributed by atoms with E-state index >= 15 is 0 Å². The molecule has 0 radical (unpaired) electrons. The minimum absolute atomic E-state index is 0.0770. The molecule has 4 heteroatoms. The second-order valence-electron chi connectivity index (χ2n) is 3.05. The molecule has 0 aromatic carbocycles. The largest absolute Gasteiger partial charge is 0.307 e. The lowest BCUT2D eigenvalue weighted by Gasteiger charge is -2.02. The molecule has 14 heavy (non-hydrogen) atoms. The van der Waals surface area contributed by atoms with E-state index in [4.69, 9.17) is 0 Å². The van der Waals surface area contributed by atoms with E-state index in [-0.39, 0.29) is 4.87 Å². The molecule has 0 unspecified atom stereocenters. The standard InChI is InChI=1S/C10H10N2OS/c1-8-7-14-10(13)12(8)6-9-4-2-3-5-11-9/h2-5,7H,6H2,1H3. The van der Waals surface area contributed by atoms with Crippen LogP contribution in [-0.2, 0) is 6.54 Å². The van der Waals surface area contributed by atoms with Gasteiger partial charge in [-0.15, -0.1) is 0 Å². The number of thiazole rings is 1. The van der Waals surface area contributed by atoms with Crippen molar-refractivity contribution in [1.82, 2.24) is 9.55 Å². The van der Waals surface area contributed by atoms with Gasteiger partial charge in [-0.1, -0.05) is 17.4 Å². The maximum Gasteiger partial charge on any atom is 0.307 e. The van der Waals surface area contributed by atoms with Crippen LogP contribution in [0.1, 0.15) is 11.4 Å². The minimum Gasteiger partial charge on any atom is -0.297 e. The molecule has 0 saturated heterocycles. The first-order chi connectivity index (χ1) is 6.77. The Balaban J connectivity index is 2.32. The summed E-state index contributed by atoms with van der Waals surface area (Å²) in [6, 6.07) is 5.71. The molecular formula is C10H10N2OS. The third-order valence-electron chi connectivity index (χ3n) is 2.02. The second-order valence-corrected chi connectivity index (χ2v) is 3.87. The number of hydrogen-bond donors (Lipinski definition) is 0. The molecule has 0 bridgehead atoms. The highest BCUT2D eigenvalue weighted by Crippen LogP contribution is 2.03. The first-order valence-corrected chi connectivity index (χ1v) is 5.20. The maximum atomic E-state index is 11.4. The molecule has 0 N–H and O–H groups in total. The molecule has 2 heterocycles. The lowest BCUT2D eigenvalue weighted by molar-refractivity contribution is 0.735. The van der Waals surface area contributed by atoms with E-state index in [0.29, 0.717) is 6.54 Å². The summed E-state index contributed by atoms with van der Waals surface area (Å²) in [5.74, 6) is 0. The van der Waals surface area contributed by atoms with Crippen molar-refractivity contribution in [2.75, 3.05) is 0 Å². The average Bonchev–Trinajstić information content (AvgIpc) is 2.51. The van der Waals surface area contributed by atoms with E-state index in [2.05, 4.69) is 4.98 Å². The van der Waals surface area contributed by atoms with Crippen LogP contribution in [0, 0.1) is 6.92 Å². The Labute approximate surface area is 85.7 Å². The molecule has 0 atom stereocenters. The molecule has 72 valence electrons. The Kier molecular flexibility index (Phi) is 2.45. The Hall–Kier alpha value is -1.42. The molecule has 2 aromatic rings. The molecule has 3 nitrogen and oxygen atoms in total. The van der Waals surface area contributed by atoms with Crippen LogP contribution in [0.15, 0.2) is 34.6 Å². The van der Waals surface area contributed by atoms with Gasteiger partial charge in [0.2, 0.25) is 0 Å². The van der Waals surface area contributed by atoms with Gasteiger partial charge in [0.25, 0.3) is 0 Å². The van der Waals surface area contributed by atoms with Crippen LogP contribution in [0.4, 0.5) is 0 Å². The van der Waals surface area contributed by atoms with E-state index in [1.54, 1.807) is 10.8 Å². The zero-order chi connectivity index (χ0) is 9.97. The Bertz CT molecular complexity index is 472. The van der Waals surface area contributed by atoms with Gasteiger partial charge in [-0.25, -0.2) is 0 Å². The second kappa shape index (κ2) is 3.75. The van der Waals surface area contributed by atoms with Crippen molar-refractivity contribution in [2.24, 2.45) is 0 Å².